The second kappa shape index (κ2) is 6.93. The van der Waals surface area contributed by atoms with E-state index in [0.29, 0.717) is 11.3 Å². The third-order valence-electron chi connectivity index (χ3n) is 2.53. The van der Waals surface area contributed by atoms with E-state index >= 15 is 0 Å². The van der Waals surface area contributed by atoms with Gasteiger partial charge in [0.15, 0.2) is 0 Å². The summed E-state index contributed by atoms with van der Waals surface area (Å²) in [5.41, 5.74) is 0. The number of hydrogen-bond donors (Lipinski definition) is 2. The Hall–Kier alpha value is -1.05. The molecule has 1 atom stereocenters. The van der Waals surface area contributed by atoms with E-state index in [-0.39, 0.29) is 11.3 Å². The van der Waals surface area contributed by atoms with E-state index < -0.39 is 22.0 Å². The molecule has 5 nitrogen and oxygen atoms in total. The fourth-order valence-corrected chi connectivity index (χ4v) is 3.99. The number of benzene rings is 1. The molecular weight excluding hydrogens is 286 g/mol. The van der Waals surface area contributed by atoms with Crippen LogP contribution in [-0.4, -0.2) is 31.8 Å². The molecule has 106 valence electrons. The van der Waals surface area contributed by atoms with Gasteiger partial charge in [0, 0.05) is 4.90 Å². The van der Waals surface area contributed by atoms with E-state index in [9.17, 15) is 13.2 Å². The Morgan fingerprint density at radius 2 is 2.05 bits per heavy atom. The van der Waals surface area contributed by atoms with Crippen LogP contribution in [0.1, 0.15) is 19.8 Å². The van der Waals surface area contributed by atoms with Crippen LogP contribution >= 0.6 is 11.8 Å². The molecule has 0 fully saturated rings. The highest BCUT2D eigenvalue weighted by atomic mass is 32.2. The molecule has 1 unspecified atom stereocenters. The van der Waals surface area contributed by atoms with Crippen molar-refractivity contribution < 1.29 is 18.3 Å². The molecule has 0 aromatic heterocycles. The molecule has 1 rings (SSSR count). The van der Waals surface area contributed by atoms with Crippen molar-refractivity contribution >= 4 is 27.8 Å². The Bertz CT molecular complexity index is 542. The summed E-state index contributed by atoms with van der Waals surface area (Å²) in [6.07, 6.45) is 2.62. The van der Waals surface area contributed by atoms with Gasteiger partial charge in [-0.2, -0.15) is 4.72 Å². The van der Waals surface area contributed by atoms with Crippen molar-refractivity contribution in [3.05, 3.63) is 24.3 Å². The minimum atomic E-state index is -3.82. The van der Waals surface area contributed by atoms with Crippen molar-refractivity contribution in [1.82, 2.24) is 4.72 Å². The number of carboxylic acids is 1. The molecule has 0 heterocycles. The fraction of sp³-hybridized carbons (Fsp3) is 0.417. The van der Waals surface area contributed by atoms with Crippen LogP contribution in [0.3, 0.4) is 0 Å². The van der Waals surface area contributed by atoms with Gasteiger partial charge in [-0.3, -0.25) is 4.79 Å². The molecule has 0 amide bonds. The summed E-state index contributed by atoms with van der Waals surface area (Å²) in [5.74, 6) is -1.16. The number of aliphatic carboxylic acids is 1. The predicted molar refractivity (Wildman–Crippen MR) is 74.9 cm³/mol. The van der Waals surface area contributed by atoms with Crippen LogP contribution < -0.4 is 4.72 Å². The first kappa shape index (κ1) is 16.0. The Morgan fingerprint density at radius 1 is 1.42 bits per heavy atom. The van der Waals surface area contributed by atoms with Gasteiger partial charge in [-0.15, -0.1) is 11.8 Å². The molecule has 0 radical (unpaired) electrons. The van der Waals surface area contributed by atoms with Gasteiger partial charge in [-0.25, -0.2) is 8.42 Å². The second-order valence-corrected chi connectivity index (χ2v) is 6.48. The summed E-state index contributed by atoms with van der Waals surface area (Å²) in [7, 11) is -3.82. The van der Waals surface area contributed by atoms with Crippen LogP contribution in [0.5, 0.6) is 0 Å². The molecule has 0 aliphatic rings. The van der Waals surface area contributed by atoms with E-state index in [4.69, 9.17) is 5.11 Å². The first-order valence-electron chi connectivity index (χ1n) is 5.80. The minimum absolute atomic E-state index is 0.116. The first-order valence-corrected chi connectivity index (χ1v) is 8.51. The molecular formula is C12H17NO4S2. The third kappa shape index (κ3) is 4.22. The molecule has 0 bridgehead atoms. The monoisotopic (exact) mass is 303 g/mol. The molecule has 1 aromatic rings. The zero-order valence-corrected chi connectivity index (χ0v) is 12.4. The normalized spacial score (nSPS) is 13.2. The summed E-state index contributed by atoms with van der Waals surface area (Å²) in [5, 5.41) is 9.01. The van der Waals surface area contributed by atoms with Crippen LogP contribution in [0.15, 0.2) is 34.1 Å². The van der Waals surface area contributed by atoms with Crippen molar-refractivity contribution in [2.45, 2.75) is 35.6 Å². The molecule has 0 spiro atoms. The smallest absolute Gasteiger partial charge is 0.321 e. The van der Waals surface area contributed by atoms with Gasteiger partial charge in [-0.1, -0.05) is 25.5 Å². The zero-order chi connectivity index (χ0) is 14.5. The summed E-state index contributed by atoms with van der Waals surface area (Å²) in [4.78, 5) is 11.7. The maximum atomic E-state index is 12.2. The fourth-order valence-electron chi connectivity index (χ4n) is 1.61. The Labute approximate surface area is 117 Å². The molecule has 0 saturated heterocycles. The number of sulfonamides is 1. The number of hydrogen-bond acceptors (Lipinski definition) is 4. The molecule has 2 N–H and O–H groups in total. The van der Waals surface area contributed by atoms with Gasteiger partial charge in [-0.05, 0) is 24.8 Å². The maximum Gasteiger partial charge on any atom is 0.321 e. The highest BCUT2D eigenvalue weighted by Crippen LogP contribution is 2.24. The molecule has 19 heavy (non-hydrogen) atoms. The van der Waals surface area contributed by atoms with Gasteiger partial charge in [0.05, 0.1) is 4.90 Å². The number of carbonyl (C=O) groups is 1. The van der Waals surface area contributed by atoms with Crippen molar-refractivity contribution in [2.24, 2.45) is 0 Å². The molecule has 0 saturated carbocycles. The lowest BCUT2D eigenvalue weighted by Crippen LogP contribution is -2.40. The lowest BCUT2D eigenvalue weighted by atomic mass is 10.2. The van der Waals surface area contributed by atoms with Gasteiger partial charge >= 0.3 is 5.97 Å². The van der Waals surface area contributed by atoms with E-state index in [1.54, 1.807) is 31.4 Å². The van der Waals surface area contributed by atoms with Gasteiger partial charge in [0.2, 0.25) is 10.0 Å². The van der Waals surface area contributed by atoms with Crippen LogP contribution in [-0.2, 0) is 14.8 Å². The largest absolute Gasteiger partial charge is 0.480 e. The number of carboxylic acid groups (broad SMARTS) is 1. The summed E-state index contributed by atoms with van der Waals surface area (Å²) in [6.45, 7) is 1.81. The number of nitrogens with one attached hydrogen (secondary N) is 1. The quantitative estimate of drug-likeness (QED) is 0.752. The number of rotatable bonds is 7. The SMILES string of the molecule is CCCC(NS(=O)(=O)c1ccccc1SC)C(=O)O. The van der Waals surface area contributed by atoms with E-state index in [1.165, 1.54) is 17.8 Å². The van der Waals surface area contributed by atoms with E-state index in [1.807, 2.05) is 0 Å². The van der Waals surface area contributed by atoms with Gasteiger partial charge in [0.1, 0.15) is 6.04 Å². The molecule has 0 aliphatic heterocycles. The standard InChI is InChI=1S/C12H17NO4S2/c1-3-6-9(12(14)15)13-19(16,17)11-8-5-4-7-10(11)18-2/h4-5,7-9,13H,3,6H2,1-2H3,(H,14,15). The minimum Gasteiger partial charge on any atom is -0.480 e. The van der Waals surface area contributed by atoms with E-state index in [0.717, 1.165) is 0 Å². The first-order chi connectivity index (χ1) is 8.92. The average molecular weight is 303 g/mol. The Morgan fingerprint density at radius 3 is 2.58 bits per heavy atom. The zero-order valence-electron chi connectivity index (χ0n) is 10.8. The van der Waals surface area contributed by atoms with Crippen LogP contribution in [0, 0.1) is 0 Å². The summed E-state index contributed by atoms with van der Waals surface area (Å²) >= 11 is 1.30. The number of thioether (sulfide) groups is 1. The van der Waals surface area contributed by atoms with Gasteiger partial charge in [0.25, 0.3) is 0 Å². The van der Waals surface area contributed by atoms with E-state index in [2.05, 4.69) is 4.72 Å². The highest BCUT2D eigenvalue weighted by Gasteiger charge is 2.26. The lowest BCUT2D eigenvalue weighted by Gasteiger charge is -2.15. The molecule has 1 aromatic carbocycles. The second-order valence-electron chi connectivity index (χ2n) is 3.95. The topological polar surface area (TPSA) is 83.5 Å². The van der Waals surface area contributed by atoms with Crippen LogP contribution in [0.25, 0.3) is 0 Å². The van der Waals surface area contributed by atoms with Crippen LogP contribution in [0.4, 0.5) is 0 Å². The summed E-state index contributed by atoms with van der Waals surface area (Å²) in [6, 6.07) is 5.42. The maximum absolute atomic E-state index is 12.2. The predicted octanol–water partition coefficient (Wildman–Crippen LogP) is 1.94. The van der Waals surface area contributed by atoms with Crippen molar-refractivity contribution in [3.8, 4) is 0 Å². The Balaban J connectivity index is 3.06. The van der Waals surface area contributed by atoms with Crippen molar-refractivity contribution in [1.29, 1.82) is 0 Å². The molecule has 0 aliphatic carbocycles. The van der Waals surface area contributed by atoms with Gasteiger partial charge < -0.3 is 5.11 Å². The van der Waals surface area contributed by atoms with Crippen molar-refractivity contribution in [3.63, 3.8) is 0 Å². The third-order valence-corrected chi connectivity index (χ3v) is 4.99. The highest BCUT2D eigenvalue weighted by molar-refractivity contribution is 7.99. The van der Waals surface area contributed by atoms with Crippen LogP contribution in [0.2, 0.25) is 0 Å². The van der Waals surface area contributed by atoms with Crippen molar-refractivity contribution in [2.75, 3.05) is 6.26 Å². The summed E-state index contributed by atoms with van der Waals surface area (Å²) < 4.78 is 26.7. The lowest BCUT2D eigenvalue weighted by molar-refractivity contribution is -0.139. The Kier molecular flexibility index (Phi) is 5.84. The molecule has 7 heteroatoms. The average Bonchev–Trinajstić information content (AvgIpc) is 2.38.